The largest absolute Gasteiger partial charge is 0.344 e. The van der Waals surface area contributed by atoms with Crippen LogP contribution in [0.2, 0.25) is 0 Å². The zero-order chi connectivity index (χ0) is 22.2. The predicted molar refractivity (Wildman–Crippen MR) is 116 cm³/mol. The van der Waals surface area contributed by atoms with Crippen LogP contribution < -0.4 is 5.32 Å². The number of nitrogens with zero attached hydrogens (tertiary/aromatic N) is 4. The Morgan fingerprint density at radius 1 is 1.29 bits per heavy atom. The van der Waals surface area contributed by atoms with Gasteiger partial charge < -0.3 is 15.2 Å². The van der Waals surface area contributed by atoms with E-state index in [2.05, 4.69) is 47.1 Å². The molecule has 1 saturated heterocycles. The number of rotatable bonds is 5. The maximum atomic E-state index is 13.3. The van der Waals surface area contributed by atoms with Crippen molar-refractivity contribution in [2.75, 3.05) is 13.1 Å². The van der Waals surface area contributed by atoms with E-state index in [-0.39, 0.29) is 23.1 Å². The Bertz CT molecular complexity index is 1020. The van der Waals surface area contributed by atoms with Gasteiger partial charge in [-0.1, -0.05) is 20.8 Å². The topological polar surface area (TPSA) is 115 Å². The van der Waals surface area contributed by atoms with Crippen LogP contribution in [0.25, 0.3) is 11.2 Å². The Morgan fingerprint density at radius 3 is 2.61 bits per heavy atom. The summed E-state index contributed by atoms with van der Waals surface area (Å²) in [4.78, 5) is 40.4. The molecular weight excluding hydrogens is 392 g/mol. The zero-order valence-electron chi connectivity index (χ0n) is 18.4. The van der Waals surface area contributed by atoms with Crippen molar-refractivity contribution in [3.63, 3.8) is 0 Å². The highest BCUT2D eigenvalue weighted by atomic mass is 16.2. The molecule has 1 aliphatic carbocycles. The monoisotopic (exact) mass is 422 g/mol. The van der Waals surface area contributed by atoms with Crippen molar-refractivity contribution in [2.24, 2.45) is 11.3 Å². The van der Waals surface area contributed by atoms with Gasteiger partial charge in [-0.15, -0.1) is 0 Å². The van der Waals surface area contributed by atoms with Gasteiger partial charge in [-0.3, -0.25) is 9.59 Å². The van der Waals surface area contributed by atoms with Gasteiger partial charge in [0.2, 0.25) is 5.91 Å². The van der Waals surface area contributed by atoms with Crippen molar-refractivity contribution in [1.82, 2.24) is 25.2 Å². The van der Waals surface area contributed by atoms with Crippen molar-refractivity contribution < 1.29 is 9.59 Å². The molecule has 164 valence electrons. The Balaban J connectivity index is 1.53. The highest BCUT2D eigenvalue weighted by Gasteiger charge is 2.33. The van der Waals surface area contributed by atoms with E-state index in [4.69, 9.17) is 5.26 Å². The van der Waals surface area contributed by atoms with Crippen LogP contribution in [0.1, 0.15) is 74.8 Å². The van der Waals surface area contributed by atoms with Crippen LogP contribution >= 0.6 is 0 Å². The summed E-state index contributed by atoms with van der Waals surface area (Å²) in [6.45, 7) is 7.27. The SMILES string of the molecule is CC(C)(C)C[C@@H](NC(=O)c1c[nH]c2ncc(C3CC3)nc12)C(=O)N1CCC(C#N)CC1. The van der Waals surface area contributed by atoms with Crippen molar-refractivity contribution in [1.29, 1.82) is 5.26 Å². The molecule has 8 nitrogen and oxygen atoms in total. The fourth-order valence-corrected chi connectivity index (χ4v) is 4.15. The second-order valence-corrected chi connectivity index (χ2v) is 9.99. The van der Waals surface area contributed by atoms with Crippen molar-refractivity contribution in [3.05, 3.63) is 23.7 Å². The van der Waals surface area contributed by atoms with Crippen LogP contribution in [0.3, 0.4) is 0 Å². The first-order valence-electron chi connectivity index (χ1n) is 11.1. The molecule has 2 amide bonds. The molecule has 0 unspecified atom stereocenters. The summed E-state index contributed by atoms with van der Waals surface area (Å²) in [5.74, 6) is 0.0479. The van der Waals surface area contributed by atoms with Crippen LogP contribution in [-0.4, -0.2) is 50.8 Å². The minimum Gasteiger partial charge on any atom is -0.344 e. The zero-order valence-corrected chi connectivity index (χ0v) is 18.4. The summed E-state index contributed by atoms with van der Waals surface area (Å²) >= 11 is 0. The van der Waals surface area contributed by atoms with Gasteiger partial charge in [-0.05, 0) is 37.5 Å². The molecule has 2 aliphatic rings. The van der Waals surface area contributed by atoms with E-state index in [0.29, 0.717) is 55.0 Å². The molecule has 0 bridgehead atoms. The molecule has 1 saturated carbocycles. The summed E-state index contributed by atoms with van der Waals surface area (Å²) in [7, 11) is 0. The smallest absolute Gasteiger partial charge is 0.255 e. The maximum absolute atomic E-state index is 13.3. The Hall–Kier alpha value is -2.95. The number of hydrogen-bond acceptors (Lipinski definition) is 5. The fourth-order valence-electron chi connectivity index (χ4n) is 4.15. The molecule has 8 heteroatoms. The van der Waals surface area contributed by atoms with E-state index in [9.17, 15) is 9.59 Å². The number of nitriles is 1. The number of hydrogen-bond donors (Lipinski definition) is 2. The van der Waals surface area contributed by atoms with Crippen LogP contribution in [0.4, 0.5) is 0 Å². The highest BCUT2D eigenvalue weighted by Crippen LogP contribution is 2.39. The van der Waals surface area contributed by atoms with Gasteiger partial charge in [-0.2, -0.15) is 5.26 Å². The summed E-state index contributed by atoms with van der Waals surface area (Å²) < 4.78 is 0. The van der Waals surface area contributed by atoms with E-state index in [1.807, 2.05) is 0 Å². The number of aromatic nitrogens is 3. The van der Waals surface area contributed by atoms with Crippen LogP contribution in [0.15, 0.2) is 12.4 Å². The number of carbonyl (C=O) groups excluding carboxylic acids is 2. The van der Waals surface area contributed by atoms with Gasteiger partial charge in [-0.25, -0.2) is 9.97 Å². The number of nitrogens with one attached hydrogen (secondary N) is 2. The third-order valence-electron chi connectivity index (χ3n) is 6.05. The average molecular weight is 423 g/mol. The number of likely N-dealkylation sites (tertiary alicyclic amines) is 1. The normalized spacial score (nSPS) is 18.6. The van der Waals surface area contributed by atoms with Gasteiger partial charge in [0.25, 0.3) is 5.91 Å². The molecule has 4 rings (SSSR count). The standard InChI is InChI=1S/C23H30N6O2/c1-23(2,3)10-17(22(31)29-8-6-14(11-24)7-9-29)28-21(30)16-12-25-20-19(16)27-18(13-26-20)15-4-5-15/h12-15,17H,4-10H2,1-3H3,(H,25,26)(H,28,30)/t17-/m1/s1. The van der Waals surface area contributed by atoms with Crippen LogP contribution in [0.5, 0.6) is 0 Å². The second-order valence-electron chi connectivity index (χ2n) is 9.99. The van der Waals surface area contributed by atoms with E-state index >= 15 is 0 Å². The Kier molecular flexibility index (Phi) is 5.69. The second kappa shape index (κ2) is 8.29. The molecule has 0 aromatic carbocycles. The number of piperidine rings is 1. The Morgan fingerprint density at radius 2 is 2.00 bits per heavy atom. The quantitative estimate of drug-likeness (QED) is 0.768. The molecule has 3 heterocycles. The molecule has 2 fully saturated rings. The lowest BCUT2D eigenvalue weighted by atomic mass is 9.87. The third-order valence-corrected chi connectivity index (χ3v) is 6.05. The van der Waals surface area contributed by atoms with E-state index in [1.54, 1.807) is 17.3 Å². The van der Waals surface area contributed by atoms with Crippen molar-refractivity contribution >= 4 is 23.0 Å². The molecule has 0 radical (unpaired) electrons. The number of amides is 2. The minimum atomic E-state index is -0.629. The maximum Gasteiger partial charge on any atom is 0.255 e. The number of carbonyl (C=O) groups is 2. The molecular formula is C23H30N6O2. The fraction of sp³-hybridized carbons (Fsp3) is 0.609. The lowest BCUT2D eigenvalue weighted by Crippen LogP contribution is -2.51. The summed E-state index contributed by atoms with van der Waals surface area (Å²) in [5.41, 5.74) is 2.33. The molecule has 1 atom stereocenters. The van der Waals surface area contributed by atoms with Crippen molar-refractivity contribution in [3.8, 4) is 6.07 Å². The van der Waals surface area contributed by atoms with Crippen LogP contribution in [0, 0.1) is 22.7 Å². The number of aromatic amines is 1. The molecule has 2 N–H and O–H groups in total. The number of fused-ring (bicyclic) bond motifs is 1. The minimum absolute atomic E-state index is 0.00478. The van der Waals surface area contributed by atoms with E-state index < -0.39 is 6.04 Å². The van der Waals surface area contributed by atoms with E-state index in [0.717, 1.165) is 18.5 Å². The third kappa shape index (κ3) is 4.87. The predicted octanol–water partition coefficient (Wildman–Crippen LogP) is 3.13. The Labute approximate surface area is 182 Å². The van der Waals surface area contributed by atoms with Crippen molar-refractivity contribution in [2.45, 2.75) is 64.8 Å². The lowest BCUT2D eigenvalue weighted by Gasteiger charge is -2.34. The molecule has 2 aromatic rings. The number of H-pyrrole nitrogens is 1. The van der Waals surface area contributed by atoms with Gasteiger partial charge in [0.15, 0.2) is 5.65 Å². The first-order valence-corrected chi connectivity index (χ1v) is 11.1. The molecule has 0 spiro atoms. The molecule has 31 heavy (non-hydrogen) atoms. The molecule has 1 aliphatic heterocycles. The summed E-state index contributed by atoms with van der Waals surface area (Å²) in [5, 5.41) is 12.1. The average Bonchev–Trinajstić information content (AvgIpc) is 3.50. The summed E-state index contributed by atoms with van der Waals surface area (Å²) in [6.07, 6.45) is 7.49. The highest BCUT2D eigenvalue weighted by molar-refractivity contribution is 6.05. The van der Waals surface area contributed by atoms with Gasteiger partial charge in [0.1, 0.15) is 11.6 Å². The lowest BCUT2D eigenvalue weighted by molar-refractivity contribution is -0.135. The van der Waals surface area contributed by atoms with Crippen LogP contribution in [-0.2, 0) is 4.79 Å². The van der Waals surface area contributed by atoms with Gasteiger partial charge in [0, 0.05) is 31.1 Å². The van der Waals surface area contributed by atoms with Gasteiger partial charge in [0.05, 0.1) is 23.5 Å². The van der Waals surface area contributed by atoms with E-state index in [1.165, 1.54) is 0 Å². The summed E-state index contributed by atoms with van der Waals surface area (Å²) in [6, 6.07) is 1.66. The first-order chi connectivity index (χ1) is 14.7. The molecule has 2 aromatic heterocycles. The van der Waals surface area contributed by atoms with Gasteiger partial charge >= 0.3 is 0 Å². The first kappa shape index (κ1) is 21.3.